The maximum Gasteiger partial charge on any atom is 0.261 e. The molecule has 6 nitrogen and oxygen atoms in total. The number of fused-ring (bicyclic) bond motifs is 1. The van der Waals surface area contributed by atoms with Gasteiger partial charge in [-0.2, -0.15) is 0 Å². The standard InChI is InChI=1S/C13H11N3O3/c17-11-6-5-10(12(18)15-11)16-7-14-9-4-2-1-3-8(9)13(16)19/h1-4,7,10H,5-6H2,(H,15,17,18). The van der Waals surface area contributed by atoms with Crippen LogP contribution in [0.1, 0.15) is 18.9 Å². The molecular formula is C13H11N3O3. The third-order valence-electron chi connectivity index (χ3n) is 3.24. The highest BCUT2D eigenvalue weighted by Crippen LogP contribution is 2.17. The van der Waals surface area contributed by atoms with Crippen LogP contribution in [-0.2, 0) is 9.59 Å². The van der Waals surface area contributed by atoms with E-state index in [0.29, 0.717) is 17.3 Å². The third kappa shape index (κ3) is 1.91. The number of para-hydroxylation sites is 1. The highest BCUT2D eigenvalue weighted by Gasteiger charge is 2.28. The van der Waals surface area contributed by atoms with Crippen LogP contribution in [0, 0.1) is 0 Å². The number of imide groups is 1. The molecule has 0 radical (unpaired) electrons. The van der Waals surface area contributed by atoms with Crippen LogP contribution in [0.15, 0.2) is 35.4 Å². The molecule has 3 rings (SSSR count). The lowest BCUT2D eigenvalue weighted by molar-refractivity contribution is -0.135. The number of nitrogens with zero attached hydrogens (tertiary/aromatic N) is 2. The lowest BCUT2D eigenvalue weighted by Gasteiger charge is -2.22. The summed E-state index contributed by atoms with van der Waals surface area (Å²) in [5.74, 6) is -0.751. The van der Waals surface area contributed by atoms with Crippen LogP contribution >= 0.6 is 0 Å². The van der Waals surface area contributed by atoms with E-state index in [4.69, 9.17) is 0 Å². The molecular weight excluding hydrogens is 246 g/mol. The SMILES string of the molecule is O=C1CCC(n2cnc3ccccc3c2=O)C(=O)N1. The highest BCUT2D eigenvalue weighted by molar-refractivity contribution is 5.99. The molecule has 1 aromatic carbocycles. The number of carbonyl (C=O) groups is 2. The van der Waals surface area contributed by atoms with Crippen LogP contribution in [0.3, 0.4) is 0 Å². The molecule has 1 atom stereocenters. The van der Waals surface area contributed by atoms with E-state index in [1.165, 1.54) is 10.9 Å². The summed E-state index contributed by atoms with van der Waals surface area (Å²) in [6.07, 6.45) is 1.92. The molecule has 1 aromatic heterocycles. The van der Waals surface area contributed by atoms with Crippen LogP contribution in [0.5, 0.6) is 0 Å². The molecule has 1 saturated heterocycles. The number of rotatable bonds is 1. The Morgan fingerprint density at radius 1 is 1.21 bits per heavy atom. The molecule has 1 unspecified atom stereocenters. The van der Waals surface area contributed by atoms with Gasteiger partial charge in [-0.15, -0.1) is 0 Å². The topological polar surface area (TPSA) is 81.1 Å². The van der Waals surface area contributed by atoms with Crippen molar-refractivity contribution in [3.8, 4) is 0 Å². The summed E-state index contributed by atoms with van der Waals surface area (Å²) in [7, 11) is 0. The fourth-order valence-corrected chi connectivity index (χ4v) is 2.25. The first-order valence-electron chi connectivity index (χ1n) is 5.96. The Kier molecular flexibility index (Phi) is 2.63. The second-order valence-electron chi connectivity index (χ2n) is 4.44. The van der Waals surface area contributed by atoms with E-state index < -0.39 is 11.9 Å². The van der Waals surface area contributed by atoms with Gasteiger partial charge in [0, 0.05) is 6.42 Å². The molecule has 1 aliphatic heterocycles. The van der Waals surface area contributed by atoms with Crippen molar-refractivity contribution in [3.05, 3.63) is 40.9 Å². The predicted octanol–water partition coefficient (Wildman–Crippen LogP) is 0.374. The molecule has 0 saturated carbocycles. The minimum Gasteiger partial charge on any atom is -0.295 e. The first kappa shape index (κ1) is 11.6. The van der Waals surface area contributed by atoms with Gasteiger partial charge in [0.15, 0.2) is 0 Å². The summed E-state index contributed by atoms with van der Waals surface area (Å²) in [4.78, 5) is 39.4. The lowest BCUT2D eigenvalue weighted by atomic mass is 10.1. The summed E-state index contributed by atoms with van der Waals surface area (Å²) < 4.78 is 1.30. The number of aromatic nitrogens is 2. The zero-order valence-electron chi connectivity index (χ0n) is 10.00. The van der Waals surface area contributed by atoms with Gasteiger partial charge in [-0.05, 0) is 18.6 Å². The van der Waals surface area contributed by atoms with Gasteiger partial charge in [-0.25, -0.2) is 4.98 Å². The molecule has 0 bridgehead atoms. The van der Waals surface area contributed by atoms with Crippen molar-refractivity contribution < 1.29 is 9.59 Å². The van der Waals surface area contributed by atoms with E-state index in [1.54, 1.807) is 24.3 Å². The largest absolute Gasteiger partial charge is 0.295 e. The van der Waals surface area contributed by atoms with Crippen molar-refractivity contribution in [2.24, 2.45) is 0 Å². The minimum atomic E-state index is -0.665. The molecule has 0 spiro atoms. The van der Waals surface area contributed by atoms with E-state index in [0.717, 1.165) is 0 Å². The fraction of sp³-hybridized carbons (Fsp3) is 0.231. The molecule has 2 heterocycles. The fourth-order valence-electron chi connectivity index (χ4n) is 2.25. The normalized spacial score (nSPS) is 19.5. The predicted molar refractivity (Wildman–Crippen MR) is 67.4 cm³/mol. The van der Waals surface area contributed by atoms with E-state index in [1.807, 2.05) is 0 Å². The number of benzene rings is 1. The maximum absolute atomic E-state index is 12.3. The molecule has 2 aromatic rings. The molecule has 1 aliphatic rings. The average molecular weight is 257 g/mol. The molecule has 1 fully saturated rings. The summed E-state index contributed by atoms with van der Waals surface area (Å²) in [5.41, 5.74) is 0.330. The quantitative estimate of drug-likeness (QED) is 0.748. The van der Waals surface area contributed by atoms with E-state index in [2.05, 4.69) is 10.3 Å². The Morgan fingerprint density at radius 3 is 2.79 bits per heavy atom. The molecule has 96 valence electrons. The minimum absolute atomic E-state index is 0.232. The number of carbonyl (C=O) groups excluding carboxylic acids is 2. The summed E-state index contributed by atoms with van der Waals surface area (Å²) in [6, 6.07) is 6.30. The van der Waals surface area contributed by atoms with Crippen LogP contribution < -0.4 is 10.9 Å². The smallest absolute Gasteiger partial charge is 0.261 e. The zero-order chi connectivity index (χ0) is 13.4. The van der Waals surface area contributed by atoms with Gasteiger partial charge in [0.05, 0.1) is 17.2 Å². The summed E-state index contributed by atoms with van der Waals surface area (Å²) in [5, 5.41) is 2.71. The highest BCUT2D eigenvalue weighted by atomic mass is 16.2. The Labute approximate surface area is 108 Å². The van der Waals surface area contributed by atoms with Crippen LogP contribution in [0.25, 0.3) is 10.9 Å². The Bertz CT molecular complexity index is 735. The zero-order valence-corrected chi connectivity index (χ0v) is 10.00. The second kappa shape index (κ2) is 4.31. The van der Waals surface area contributed by atoms with Gasteiger partial charge in [-0.1, -0.05) is 12.1 Å². The van der Waals surface area contributed by atoms with Crippen molar-refractivity contribution in [2.45, 2.75) is 18.9 Å². The van der Waals surface area contributed by atoms with Gasteiger partial charge >= 0.3 is 0 Å². The Hall–Kier alpha value is -2.50. The summed E-state index contributed by atoms with van der Waals surface area (Å²) in [6.45, 7) is 0. The van der Waals surface area contributed by atoms with Gasteiger partial charge in [-0.3, -0.25) is 24.3 Å². The van der Waals surface area contributed by atoms with Crippen LogP contribution in [0.4, 0.5) is 0 Å². The van der Waals surface area contributed by atoms with Gasteiger partial charge in [0.25, 0.3) is 5.56 Å². The van der Waals surface area contributed by atoms with E-state index >= 15 is 0 Å². The number of amides is 2. The van der Waals surface area contributed by atoms with Crippen LogP contribution in [-0.4, -0.2) is 21.4 Å². The van der Waals surface area contributed by atoms with Crippen molar-refractivity contribution >= 4 is 22.7 Å². The lowest BCUT2D eigenvalue weighted by Crippen LogP contribution is -2.44. The van der Waals surface area contributed by atoms with Crippen molar-refractivity contribution in [1.82, 2.24) is 14.9 Å². The van der Waals surface area contributed by atoms with Crippen molar-refractivity contribution in [3.63, 3.8) is 0 Å². The van der Waals surface area contributed by atoms with E-state index in [9.17, 15) is 14.4 Å². The molecule has 19 heavy (non-hydrogen) atoms. The maximum atomic E-state index is 12.3. The van der Waals surface area contributed by atoms with E-state index in [-0.39, 0.29) is 17.9 Å². The Balaban J connectivity index is 2.11. The molecule has 0 aliphatic carbocycles. The number of hydrogen-bond donors (Lipinski definition) is 1. The summed E-state index contributed by atoms with van der Waals surface area (Å²) >= 11 is 0. The monoisotopic (exact) mass is 257 g/mol. The van der Waals surface area contributed by atoms with Crippen molar-refractivity contribution in [1.29, 1.82) is 0 Å². The van der Waals surface area contributed by atoms with Crippen molar-refractivity contribution in [2.75, 3.05) is 0 Å². The van der Waals surface area contributed by atoms with Crippen LogP contribution in [0.2, 0.25) is 0 Å². The third-order valence-corrected chi connectivity index (χ3v) is 3.24. The van der Waals surface area contributed by atoms with Gasteiger partial charge in [0.1, 0.15) is 6.04 Å². The molecule has 1 N–H and O–H groups in total. The van der Waals surface area contributed by atoms with Gasteiger partial charge in [0.2, 0.25) is 11.8 Å². The first-order chi connectivity index (χ1) is 9.16. The number of nitrogens with one attached hydrogen (secondary N) is 1. The first-order valence-corrected chi connectivity index (χ1v) is 5.96. The second-order valence-corrected chi connectivity index (χ2v) is 4.44. The molecule has 2 amide bonds. The number of hydrogen-bond acceptors (Lipinski definition) is 4. The average Bonchev–Trinajstić information content (AvgIpc) is 2.41. The van der Waals surface area contributed by atoms with Gasteiger partial charge < -0.3 is 0 Å². The number of piperidine rings is 1. The Morgan fingerprint density at radius 2 is 2.00 bits per heavy atom. The molecule has 6 heteroatoms.